The molecule has 0 aromatic heterocycles. The highest BCUT2D eigenvalue weighted by Gasteiger charge is 2.33. The minimum Gasteiger partial charge on any atom is -0.493 e. The predicted octanol–water partition coefficient (Wildman–Crippen LogP) is 4.85. The zero-order chi connectivity index (χ0) is 30.2. The molecular weight excluding hydrogens is 610 g/mol. The Morgan fingerprint density at radius 1 is 0.902 bits per heavy atom. The first kappa shape index (κ1) is 32.0. The average Bonchev–Trinajstić information content (AvgIpc) is 2.97. The van der Waals surface area contributed by atoms with Crippen molar-refractivity contribution in [3.8, 4) is 11.5 Å². The molecular formula is C30H36BrN3O6S. The largest absolute Gasteiger partial charge is 0.493 e. The number of sulfonamides is 1. The second-order valence-corrected chi connectivity index (χ2v) is 12.6. The van der Waals surface area contributed by atoms with E-state index in [1.165, 1.54) is 37.3 Å². The van der Waals surface area contributed by atoms with E-state index in [1.54, 1.807) is 37.3 Å². The third-order valence-electron chi connectivity index (χ3n) is 6.38. The highest BCUT2D eigenvalue weighted by molar-refractivity contribution is 9.10. The third kappa shape index (κ3) is 8.23. The number of nitrogens with one attached hydrogen (secondary N) is 1. The van der Waals surface area contributed by atoms with Gasteiger partial charge in [0, 0.05) is 23.6 Å². The summed E-state index contributed by atoms with van der Waals surface area (Å²) in [5, 5.41) is 2.88. The maximum absolute atomic E-state index is 14.0. The van der Waals surface area contributed by atoms with Crippen molar-refractivity contribution in [3.05, 3.63) is 82.8 Å². The van der Waals surface area contributed by atoms with Gasteiger partial charge in [-0.25, -0.2) is 8.42 Å². The number of ether oxygens (including phenoxy) is 2. The summed E-state index contributed by atoms with van der Waals surface area (Å²) in [4.78, 5) is 28.5. The van der Waals surface area contributed by atoms with Crippen LogP contribution in [-0.2, 0) is 26.2 Å². The number of methoxy groups -OCH3 is 2. The summed E-state index contributed by atoms with van der Waals surface area (Å²) in [6, 6.07) is 19.0. The molecule has 0 bridgehead atoms. The van der Waals surface area contributed by atoms with E-state index in [-0.39, 0.29) is 29.0 Å². The first-order valence-electron chi connectivity index (χ1n) is 13.1. The topological polar surface area (TPSA) is 105 Å². The minimum absolute atomic E-state index is 0.0183. The molecule has 0 spiro atoms. The zero-order valence-corrected chi connectivity index (χ0v) is 26.2. The van der Waals surface area contributed by atoms with Crippen LogP contribution in [0.3, 0.4) is 0 Å². The van der Waals surface area contributed by atoms with Crippen LogP contribution in [0.5, 0.6) is 11.5 Å². The number of carbonyl (C=O) groups excluding carboxylic acids is 2. The van der Waals surface area contributed by atoms with E-state index in [0.717, 1.165) is 14.3 Å². The van der Waals surface area contributed by atoms with E-state index < -0.39 is 28.5 Å². The van der Waals surface area contributed by atoms with E-state index in [4.69, 9.17) is 9.47 Å². The monoisotopic (exact) mass is 645 g/mol. The van der Waals surface area contributed by atoms with E-state index in [2.05, 4.69) is 21.2 Å². The van der Waals surface area contributed by atoms with Crippen LogP contribution in [-0.4, -0.2) is 58.5 Å². The molecule has 2 amide bonds. The SMILES string of the molecule is COc1ccc(N(CC(=O)N(Cc2ccc(Br)cc2)[C@H](C)C(=O)NCC(C)C)S(=O)(=O)c2ccccc2)cc1OC. The van der Waals surface area contributed by atoms with Crippen molar-refractivity contribution in [3.63, 3.8) is 0 Å². The molecule has 3 rings (SSSR count). The number of anilines is 1. The molecule has 0 aliphatic rings. The minimum atomic E-state index is -4.19. The second kappa shape index (κ2) is 14.4. The lowest BCUT2D eigenvalue weighted by molar-refractivity contribution is -0.139. The van der Waals surface area contributed by atoms with Gasteiger partial charge in [-0.05, 0) is 54.8 Å². The summed E-state index contributed by atoms with van der Waals surface area (Å²) in [6.07, 6.45) is 0. The van der Waals surface area contributed by atoms with Gasteiger partial charge in [-0.1, -0.05) is 60.1 Å². The Labute approximate surface area is 250 Å². The van der Waals surface area contributed by atoms with Crippen LogP contribution in [0.4, 0.5) is 5.69 Å². The molecule has 3 aromatic carbocycles. The van der Waals surface area contributed by atoms with E-state index in [1.807, 2.05) is 38.1 Å². The molecule has 41 heavy (non-hydrogen) atoms. The highest BCUT2D eigenvalue weighted by Crippen LogP contribution is 2.34. The molecule has 9 nitrogen and oxygen atoms in total. The number of halogens is 1. The van der Waals surface area contributed by atoms with Gasteiger partial charge < -0.3 is 19.7 Å². The van der Waals surface area contributed by atoms with Crippen molar-refractivity contribution in [2.24, 2.45) is 5.92 Å². The lowest BCUT2D eigenvalue weighted by Gasteiger charge is -2.32. The van der Waals surface area contributed by atoms with Gasteiger partial charge in [0.25, 0.3) is 10.0 Å². The van der Waals surface area contributed by atoms with Crippen LogP contribution in [0.2, 0.25) is 0 Å². The molecule has 0 radical (unpaired) electrons. The Morgan fingerprint density at radius 3 is 2.12 bits per heavy atom. The summed E-state index contributed by atoms with van der Waals surface area (Å²) >= 11 is 3.41. The summed E-state index contributed by atoms with van der Waals surface area (Å²) in [6.45, 7) is 5.59. The summed E-state index contributed by atoms with van der Waals surface area (Å²) in [7, 11) is -1.27. The van der Waals surface area contributed by atoms with Crippen LogP contribution < -0.4 is 19.1 Å². The Hall–Kier alpha value is -3.57. The Bertz CT molecular complexity index is 1430. The average molecular weight is 647 g/mol. The highest BCUT2D eigenvalue weighted by atomic mass is 79.9. The third-order valence-corrected chi connectivity index (χ3v) is 8.70. The van der Waals surface area contributed by atoms with Gasteiger partial charge in [0.15, 0.2) is 11.5 Å². The van der Waals surface area contributed by atoms with Crippen LogP contribution in [0.1, 0.15) is 26.3 Å². The molecule has 0 fully saturated rings. The molecule has 220 valence electrons. The normalized spacial score (nSPS) is 12.0. The Kier molecular flexibility index (Phi) is 11.2. The number of amides is 2. The number of nitrogens with zero attached hydrogens (tertiary/aromatic N) is 2. The lowest BCUT2D eigenvalue weighted by atomic mass is 10.1. The number of rotatable bonds is 13. The van der Waals surface area contributed by atoms with E-state index >= 15 is 0 Å². The van der Waals surface area contributed by atoms with Crippen LogP contribution in [0.25, 0.3) is 0 Å². The Morgan fingerprint density at radius 2 is 1.54 bits per heavy atom. The van der Waals surface area contributed by atoms with Crippen molar-refractivity contribution >= 4 is 43.5 Å². The van der Waals surface area contributed by atoms with E-state index in [9.17, 15) is 18.0 Å². The molecule has 11 heteroatoms. The van der Waals surface area contributed by atoms with Gasteiger partial charge >= 0.3 is 0 Å². The maximum atomic E-state index is 14.0. The maximum Gasteiger partial charge on any atom is 0.264 e. The fraction of sp³-hybridized carbons (Fsp3) is 0.333. The van der Waals surface area contributed by atoms with Crippen molar-refractivity contribution in [2.75, 3.05) is 31.6 Å². The number of hydrogen-bond acceptors (Lipinski definition) is 6. The van der Waals surface area contributed by atoms with Crippen LogP contribution in [0.15, 0.2) is 82.2 Å². The fourth-order valence-corrected chi connectivity index (χ4v) is 5.74. The number of benzene rings is 3. The van der Waals surface area contributed by atoms with Gasteiger partial charge in [0.05, 0.1) is 24.8 Å². The first-order valence-corrected chi connectivity index (χ1v) is 15.3. The molecule has 0 saturated heterocycles. The van der Waals surface area contributed by atoms with Gasteiger partial charge in [-0.15, -0.1) is 0 Å². The van der Waals surface area contributed by atoms with E-state index in [0.29, 0.717) is 18.0 Å². The summed E-state index contributed by atoms with van der Waals surface area (Å²) in [5.41, 5.74) is 0.994. The molecule has 0 aliphatic heterocycles. The van der Waals surface area contributed by atoms with Gasteiger partial charge in [-0.3, -0.25) is 13.9 Å². The van der Waals surface area contributed by atoms with Gasteiger partial charge in [0.1, 0.15) is 12.6 Å². The number of carbonyl (C=O) groups is 2. The van der Waals surface area contributed by atoms with Crippen molar-refractivity contribution < 1.29 is 27.5 Å². The van der Waals surface area contributed by atoms with Crippen molar-refractivity contribution in [1.29, 1.82) is 0 Å². The molecule has 1 N–H and O–H groups in total. The van der Waals surface area contributed by atoms with Crippen LogP contribution >= 0.6 is 15.9 Å². The van der Waals surface area contributed by atoms with Crippen molar-refractivity contribution in [2.45, 2.75) is 38.3 Å². The van der Waals surface area contributed by atoms with Crippen LogP contribution in [0, 0.1) is 5.92 Å². The van der Waals surface area contributed by atoms with Gasteiger partial charge in [0.2, 0.25) is 11.8 Å². The predicted molar refractivity (Wildman–Crippen MR) is 163 cm³/mol. The lowest BCUT2D eigenvalue weighted by Crippen LogP contribution is -2.51. The molecule has 0 heterocycles. The first-order chi connectivity index (χ1) is 19.5. The second-order valence-electron chi connectivity index (χ2n) is 9.83. The molecule has 1 atom stereocenters. The number of hydrogen-bond donors (Lipinski definition) is 1. The molecule has 3 aromatic rings. The van der Waals surface area contributed by atoms with Crippen molar-refractivity contribution in [1.82, 2.24) is 10.2 Å². The molecule has 0 saturated carbocycles. The fourth-order valence-electron chi connectivity index (χ4n) is 4.05. The zero-order valence-electron chi connectivity index (χ0n) is 23.8. The molecule has 0 aliphatic carbocycles. The van der Waals surface area contributed by atoms with Gasteiger partial charge in [-0.2, -0.15) is 0 Å². The smallest absolute Gasteiger partial charge is 0.264 e. The summed E-state index contributed by atoms with van der Waals surface area (Å²) in [5.74, 6) is 0.0614. The summed E-state index contributed by atoms with van der Waals surface area (Å²) < 4.78 is 40.5. The standard InChI is InChI=1S/C30H36BrN3O6S/c1-21(2)18-32-30(36)22(3)33(19-23-11-13-24(31)14-12-23)29(35)20-34(41(37,38)26-9-7-6-8-10-26)25-15-16-27(39-4)28(17-25)40-5/h6-17,21-22H,18-20H2,1-5H3,(H,32,36)/t22-/m1/s1. The quantitative estimate of drug-likeness (QED) is 0.285. The molecule has 0 unspecified atom stereocenters. The Balaban J connectivity index is 2.05.